The Kier molecular flexibility index (Phi) is 10.4. The first-order valence-corrected chi connectivity index (χ1v) is 9.66. The molecule has 0 saturated heterocycles. The van der Waals surface area contributed by atoms with E-state index < -0.39 is 0 Å². The Morgan fingerprint density at radius 3 is 2.46 bits per heavy atom. The maximum absolute atomic E-state index is 12.6. The second kappa shape index (κ2) is 12.0. The number of nitrogens with zero attached hydrogens (tertiary/aromatic N) is 2. The lowest BCUT2D eigenvalue weighted by atomic mass is 10.2. The number of amides is 1. The third-order valence-corrected chi connectivity index (χ3v) is 4.82. The van der Waals surface area contributed by atoms with E-state index >= 15 is 0 Å². The van der Waals surface area contributed by atoms with Crippen LogP contribution in [-0.4, -0.2) is 61.0 Å². The minimum absolute atomic E-state index is 0.0845. The van der Waals surface area contributed by atoms with Crippen LogP contribution in [0.2, 0.25) is 0 Å². The summed E-state index contributed by atoms with van der Waals surface area (Å²) in [7, 11) is 0. The normalized spacial score (nSPS) is 10.8. The van der Waals surface area contributed by atoms with Gasteiger partial charge in [0.15, 0.2) is 0 Å². The maximum Gasteiger partial charge on any atom is 0.307 e. The third-order valence-electron chi connectivity index (χ3n) is 3.95. The summed E-state index contributed by atoms with van der Waals surface area (Å²) in [5, 5.41) is 1.98. The fourth-order valence-corrected chi connectivity index (χ4v) is 3.22. The highest BCUT2D eigenvalue weighted by Gasteiger charge is 2.16. The Hall–Kier alpha value is -1.40. The summed E-state index contributed by atoms with van der Waals surface area (Å²) in [4.78, 5) is 29.4. The number of thiophene rings is 1. The number of rotatable bonds is 12. The van der Waals surface area contributed by atoms with Crippen molar-refractivity contribution in [3.05, 3.63) is 22.4 Å². The summed E-state index contributed by atoms with van der Waals surface area (Å²) in [5.41, 5.74) is 0. The third kappa shape index (κ3) is 7.93. The van der Waals surface area contributed by atoms with Crippen molar-refractivity contribution < 1.29 is 14.3 Å². The van der Waals surface area contributed by atoms with Crippen molar-refractivity contribution in [2.24, 2.45) is 0 Å². The zero-order chi connectivity index (χ0) is 17.8. The highest BCUT2D eigenvalue weighted by molar-refractivity contribution is 7.10. The van der Waals surface area contributed by atoms with Crippen LogP contribution in [-0.2, 0) is 20.7 Å². The van der Waals surface area contributed by atoms with Gasteiger partial charge in [0.05, 0.1) is 19.4 Å². The van der Waals surface area contributed by atoms with Gasteiger partial charge in [-0.3, -0.25) is 9.59 Å². The Morgan fingerprint density at radius 1 is 1.12 bits per heavy atom. The number of esters is 1. The van der Waals surface area contributed by atoms with Gasteiger partial charge in [-0.15, -0.1) is 11.3 Å². The van der Waals surface area contributed by atoms with Crippen molar-refractivity contribution >= 4 is 23.2 Å². The molecule has 0 fully saturated rings. The number of hydrogen-bond donors (Lipinski definition) is 0. The first-order valence-electron chi connectivity index (χ1n) is 8.78. The molecule has 136 valence electrons. The number of ether oxygens (including phenoxy) is 1. The van der Waals surface area contributed by atoms with E-state index in [4.69, 9.17) is 4.74 Å². The van der Waals surface area contributed by atoms with Crippen LogP contribution in [0.3, 0.4) is 0 Å². The molecule has 1 heterocycles. The summed E-state index contributed by atoms with van der Waals surface area (Å²) in [6, 6.07) is 3.93. The van der Waals surface area contributed by atoms with Crippen LogP contribution >= 0.6 is 11.3 Å². The molecule has 0 bridgehead atoms. The van der Waals surface area contributed by atoms with Crippen LogP contribution in [0.15, 0.2) is 17.5 Å². The van der Waals surface area contributed by atoms with Gasteiger partial charge in [0.1, 0.15) is 0 Å². The fraction of sp³-hybridized carbons (Fsp3) is 0.667. The van der Waals surface area contributed by atoms with E-state index in [0.29, 0.717) is 26.1 Å². The minimum Gasteiger partial charge on any atom is -0.466 e. The largest absolute Gasteiger partial charge is 0.466 e. The number of carbonyl (C=O) groups is 2. The molecule has 6 heteroatoms. The summed E-state index contributed by atoms with van der Waals surface area (Å²) < 4.78 is 4.97. The van der Waals surface area contributed by atoms with Crippen molar-refractivity contribution in [2.45, 2.75) is 40.0 Å². The predicted octanol–water partition coefficient (Wildman–Crippen LogP) is 2.80. The van der Waals surface area contributed by atoms with E-state index in [0.717, 1.165) is 30.9 Å². The van der Waals surface area contributed by atoms with Gasteiger partial charge in [-0.25, -0.2) is 0 Å². The Morgan fingerprint density at radius 2 is 1.88 bits per heavy atom. The van der Waals surface area contributed by atoms with Gasteiger partial charge < -0.3 is 14.5 Å². The van der Waals surface area contributed by atoms with Crippen LogP contribution in [0.4, 0.5) is 0 Å². The highest BCUT2D eigenvalue weighted by atomic mass is 32.1. The molecule has 0 radical (unpaired) electrons. The van der Waals surface area contributed by atoms with Gasteiger partial charge in [0.2, 0.25) is 5.91 Å². The lowest BCUT2D eigenvalue weighted by Gasteiger charge is -2.24. The Balaban J connectivity index is 2.53. The van der Waals surface area contributed by atoms with Gasteiger partial charge in [0, 0.05) is 18.0 Å². The molecule has 0 saturated carbocycles. The molecule has 1 aromatic rings. The molecule has 0 aliphatic heterocycles. The van der Waals surface area contributed by atoms with Crippen molar-refractivity contribution in [3.8, 4) is 0 Å². The van der Waals surface area contributed by atoms with Crippen LogP contribution in [0.5, 0.6) is 0 Å². The van der Waals surface area contributed by atoms with E-state index in [1.807, 2.05) is 17.5 Å². The van der Waals surface area contributed by atoms with E-state index in [-0.39, 0.29) is 18.3 Å². The lowest BCUT2D eigenvalue weighted by molar-refractivity contribution is -0.144. The summed E-state index contributed by atoms with van der Waals surface area (Å²) in [5.74, 6) is -0.156. The van der Waals surface area contributed by atoms with Crippen molar-refractivity contribution in [2.75, 3.05) is 39.3 Å². The molecular weight excluding hydrogens is 324 g/mol. The summed E-state index contributed by atoms with van der Waals surface area (Å²) in [6.45, 7) is 10.6. The molecule has 0 aromatic carbocycles. The average Bonchev–Trinajstić information content (AvgIpc) is 3.07. The predicted molar refractivity (Wildman–Crippen MR) is 98.3 cm³/mol. The summed E-state index contributed by atoms with van der Waals surface area (Å²) >= 11 is 1.59. The molecule has 0 aliphatic carbocycles. The van der Waals surface area contributed by atoms with E-state index in [2.05, 4.69) is 18.7 Å². The van der Waals surface area contributed by atoms with Gasteiger partial charge >= 0.3 is 5.97 Å². The quantitative estimate of drug-likeness (QED) is 0.542. The SMILES string of the molecule is CCOC(=O)CCN(CCCN(CC)CC)C(=O)Cc1cccs1. The monoisotopic (exact) mass is 354 g/mol. The fourth-order valence-electron chi connectivity index (χ4n) is 2.52. The first-order chi connectivity index (χ1) is 11.6. The van der Waals surface area contributed by atoms with E-state index in [1.54, 1.807) is 23.2 Å². The smallest absolute Gasteiger partial charge is 0.307 e. The van der Waals surface area contributed by atoms with E-state index in [1.165, 1.54) is 0 Å². The topological polar surface area (TPSA) is 49.9 Å². The van der Waals surface area contributed by atoms with Gasteiger partial charge in [0.25, 0.3) is 0 Å². The molecule has 0 aliphatic rings. The van der Waals surface area contributed by atoms with Gasteiger partial charge in [-0.1, -0.05) is 19.9 Å². The maximum atomic E-state index is 12.6. The molecule has 24 heavy (non-hydrogen) atoms. The van der Waals surface area contributed by atoms with Crippen molar-refractivity contribution in [3.63, 3.8) is 0 Å². The number of carbonyl (C=O) groups excluding carboxylic acids is 2. The van der Waals surface area contributed by atoms with Crippen molar-refractivity contribution in [1.82, 2.24) is 9.80 Å². The lowest BCUT2D eigenvalue weighted by Crippen LogP contribution is -2.37. The van der Waals surface area contributed by atoms with Crippen molar-refractivity contribution in [1.29, 1.82) is 0 Å². The first kappa shape index (κ1) is 20.6. The van der Waals surface area contributed by atoms with Crippen LogP contribution in [0.1, 0.15) is 38.5 Å². The molecule has 5 nitrogen and oxygen atoms in total. The van der Waals surface area contributed by atoms with E-state index in [9.17, 15) is 9.59 Å². The second-order valence-electron chi connectivity index (χ2n) is 5.57. The Bertz CT molecular complexity index is 473. The zero-order valence-electron chi connectivity index (χ0n) is 15.1. The second-order valence-corrected chi connectivity index (χ2v) is 6.60. The van der Waals surface area contributed by atoms with Gasteiger partial charge in [-0.2, -0.15) is 0 Å². The molecule has 1 aromatic heterocycles. The van der Waals surface area contributed by atoms with Gasteiger partial charge in [-0.05, 0) is 44.4 Å². The van der Waals surface area contributed by atoms with Crippen LogP contribution in [0.25, 0.3) is 0 Å². The molecule has 1 rings (SSSR count). The molecule has 0 atom stereocenters. The molecular formula is C18H30N2O3S. The highest BCUT2D eigenvalue weighted by Crippen LogP contribution is 2.11. The molecule has 1 amide bonds. The Labute approximate surface area is 149 Å². The molecule has 0 spiro atoms. The molecule has 0 unspecified atom stereocenters. The van der Waals surface area contributed by atoms with Crippen LogP contribution in [0, 0.1) is 0 Å². The number of hydrogen-bond acceptors (Lipinski definition) is 5. The minimum atomic E-state index is -0.241. The molecule has 0 N–H and O–H groups in total. The zero-order valence-corrected chi connectivity index (χ0v) is 15.9. The standard InChI is InChI=1S/C18H30N2O3S/c1-4-19(5-2)11-8-12-20(13-10-18(22)23-6-3)17(21)15-16-9-7-14-24-16/h7,9,14H,4-6,8,10-13,15H2,1-3H3. The van der Waals surface area contributed by atoms with Crippen LogP contribution < -0.4 is 0 Å². The average molecular weight is 355 g/mol. The summed E-state index contributed by atoms with van der Waals surface area (Å²) in [6.07, 6.45) is 1.59.